The number of benzene rings is 1. The molecule has 2 aromatic rings. The molecule has 0 aliphatic carbocycles. The number of hydrogen-bond donors (Lipinski definition) is 1. The fourth-order valence-electron chi connectivity index (χ4n) is 2.37. The van der Waals surface area contributed by atoms with Crippen molar-refractivity contribution in [3.05, 3.63) is 64.9 Å². The van der Waals surface area contributed by atoms with Gasteiger partial charge in [-0.15, -0.1) is 0 Å². The summed E-state index contributed by atoms with van der Waals surface area (Å²) in [6.07, 6.45) is 1.80. The number of nitrogens with two attached hydrogens (primary N) is 1. The van der Waals surface area contributed by atoms with E-state index >= 15 is 0 Å². The van der Waals surface area contributed by atoms with Crippen LogP contribution in [0, 0.1) is 0 Å². The molecule has 0 spiro atoms. The minimum Gasteiger partial charge on any atom is -0.329 e. The zero-order valence-corrected chi connectivity index (χ0v) is 12.6. The minimum atomic E-state index is 0.0717. The predicted molar refractivity (Wildman–Crippen MR) is 83.7 cm³/mol. The highest BCUT2D eigenvalue weighted by Gasteiger charge is 2.23. The number of halogens is 1. The summed E-state index contributed by atoms with van der Waals surface area (Å²) in [5.74, 6) is 0. The number of nitrogens with zero attached hydrogens (tertiary/aromatic N) is 2. The van der Waals surface area contributed by atoms with Gasteiger partial charge in [-0.25, -0.2) is 0 Å². The van der Waals surface area contributed by atoms with Gasteiger partial charge in [-0.2, -0.15) is 0 Å². The van der Waals surface area contributed by atoms with E-state index in [9.17, 15) is 0 Å². The molecule has 1 aromatic carbocycles. The summed E-state index contributed by atoms with van der Waals surface area (Å²) in [7, 11) is 2.06. The molecular weight excluding hydrogens is 270 g/mol. The Kier molecular flexibility index (Phi) is 5.12. The number of likely N-dealkylation sites (N-methyl/N-ethyl adjacent to an activating group) is 1. The fraction of sp³-hybridized carbons (Fsp3) is 0.312. The topological polar surface area (TPSA) is 42.1 Å². The van der Waals surface area contributed by atoms with Crippen molar-refractivity contribution in [1.82, 2.24) is 9.88 Å². The first-order chi connectivity index (χ1) is 9.65. The SMILES string of the molecule is CC(c1ccccc1Cl)N(C)C(CN)c1ccccn1. The van der Waals surface area contributed by atoms with Crippen molar-refractivity contribution in [3.8, 4) is 0 Å². The maximum atomic E-state index is 6.28. The van der Waals surface area contributed by atoms with E-state index in [1.807, 2.05) is 36.4 Å². The Morgan fingerprint density at radius 1 is 1.20 bits per heavy atom. The molecule has 20 heavy (non-hydrogen) atoms. The Labute approximate surface area is 125 Å². The summed E-state index contributed by atoms with van der Waals surface area (Å²) < 4.78 is 0. The number of rotatable bonds is 5. The first-order valence-corrected chi connectivity index (χ1v) is 7.10. The van der Waals surface area contributed by atoms with Gasteiger partial charge < -0.3 is 5.73 Å². The van der Waals surface area contributed by atoms with Gasteiger partial charge in [-0.1, -0.05) is 35.9 Å². The molecule has 0 bridgehead atoms. The Hall–Kier alpha value is -1.42. The van der Waals surface area contributed by atoms with E-state index in [4.69, 9.17) is 17.3 Å². The summed E-state index contributed by atoms with van der Waals surface area (Å²) in [5.41, 5.74) is 8.03. The van der Waals surface area contributed by atoms with Crippen molar-refractivity contribution in [2.45, 2.75) is 19.0 Å². The number of hydrogen-bond acceptors (Lipinski definition) is 3. The minimum absolute atomic E-state index is 0.0717. The lowest BCUT2D eigenvalue weighted by molar-refractivity contribution is 0.187. The van der Waals surface area contributed by atoms with Gasteiger partial charge in [0, 0.05) is 23.8 Å². The van der Waals surface area contributed by atoms with Crippen molar-refractivity contribution in [3.63, 3.8) is 0 Å². The molecule has 1 heterocycles. The fourth-order valence-corrected chi connectivity index (χ4v) is 2.67. The second-order valence-corrected chi connectivity index (χ2v) is 5.28. The van der Waals surface area contributed by atoms with Gasteiger partial charge >= 0.3 is 0 Å². The molecule has 0 fully saturated rings. The summed E-state index contributed by atoms with van der Waals surface area (Å²) in [6, 6.07) is 14.1. The van der Waals surface area contributed by atoms with Gasteiger partial charge in [0.15, 0.2) is 0 Å². The zero-order valence-electron chi connectivity index (χ0n) is 11.8. The quantitative estimate of drug-likeness (QED) is 0.917. The van der Waals surface area contributed by atoms with Crippen LogP contribution in [0.15, 0.2) is 48.7 Å². The predicted octanol–water partition coefficient (Wildman–Crippen LogP) is 3.43. The lowest BCUT2D eigenvalue weighted by Gasteiger charge is -2.32. The van der Waals surface area contributed by atoms with E-state index in [-0.39, 0.29) is 12.1 Å². The zero-order chi connectivity index (χ0) is 14.5. The Morgan fingerprint density at radius 2 is 1.90 bits per heavy atom. The summed E-state index contributed by atoms with van der Waals surface area (Å²) in [4.78, 5) is 6.63. The molecule has 1 aromatic heterocycles. The second kappa shape index (κ2) is 6.84. The van der Waals surface area contributed by atoms with Crippen LogP contribution >= 0.6 is 11.6 Å². The first kappa shape index (κ1) is 15.0. The Bertz CT molecular complexity index is 544. The maximum absolute atomic E-state index is 6.28. The van der Waals surface area contributed by atoms with Crippen LogP contribution in [-0.2, 0) is 0 Å². The van der Waals surface area contributed by atoms with E-state index in [1.54, 1.807) is 6.20 Å². The maximum Gasteiger partial charge on any atom is 0.0646 e. The van der Waals surface area contributed by atoms with Crippen LogP contribution in [0.2, 0.25) is 5.02 Å². The van der Waals surface area contributed by atoms with Gasteiger partial charge in [0.1, 0.15) is 0 Å². The summed E-state index contributed by atoms with van der Waals surface area (Å²) >= 11 is 6.28. The Morgan fingerprint density at radius 3 is 2.50 bits per heavy atom. The molecule has 3 nitrogen and oxygen atoms in total. The lowest BCUT2D eigenvalue weighted by Crippen LogP contribution is -2.33. The molecule has 0 saturated heterocycles. The van der Waals surface area contributed by atoms with Crippen LogP contribution in [0.1, 0.15) is 30.3 Å². The average Bonchev–Trinajstić information content (AvgIpc) is 2.49. The van der Waals surface area contributed by atoms with Crippen LogP contribution in [0.3, 0.4) is 0 Å². The largest absolute Gasteiger partial charge is 0.329 e. The molecule has 2 rings (SSSR count). The van der Waals surface area contributed by atoms with Gasteiger partial charge in [-0.05, 0) is 37.7 Å². The monoisotopic (exact) mass is 289 g/mol. The third kappa shape index (κ3) is 3.18. The molecule has 0 aliphatic rings. The highest BCUT2D eigenvalue weighted by atomic mass is 35.5. The highest BCUT2D eigenvalue weighted by molar-refractivity contribution is 6.31. The van der Waals surface area contributed by atoms with Gasteiger partial charge in [0.25, 0.3) is 0 Å². The van der Waals surface area contributed by atoms with Crippen LogP contribution in [-0.4, -0.2) is 23.5 Å². The molecule has 0 radical (unpaired) electrons. The van der Waals surface area contributed by atoms with Gasteiger partial charge in [-0.3, -0.25) is 9.88 Å². The van der Waals surface area contributed by atoms with Crippen molar-refractivity contribution in [2.75, 3.05) is 13.6 Å². The van der Waals surface area contributed by atoms with Crippen molar-refractivity contribution >= 4 is 11.6 Å². The van der Waals surface area contributed by atoms with Gasteiger partial charge in [0.2, 0.25) is 0 Å². The third-order valence-corrected chi connectivity index (χ3v) is 4.05. The molecule has 0 amide bonds. The Balaban J connectivity index is 2.25. The lowest BCUT2D eigenvalue weighted by atomic mass is 10.0. The second-order valence-electron chi connectivity index (χ2n) is 4.87. The molecular formula is C16H20ClN3. The molecule has 106 valence electrons. The molecule has 2 atom stereocenters. The smallest absolute Gasteiger partial charge is 0.0646 e. The normalized spacial score (nSPS) is 14.2. The molecule has 0 aliphatic heterocycles. The highest BCUT2D eigenvalue weighted by Crippen LogP contribution is 2.31. The summed E-state index contributed by atoms with van der Waals surface area (Å²) in [5, 5.41) is 0.781. The molecule has 0 saturated carbocycles. The van der Waals surface area contributed by atoms with E-state index < -0.39 is 0 Å². The van der Waals surface area contributed by atoms with Crippen LogP contribution < -0.4 is 5.73 Å². The number of aromatic nitrogens is 1. The molecule has 2 N–H and O–H groups in total. The van der Waals surface area contributed by atoms with E-state index in [0.717, 1.165) is 16.3 Å². The van der Waals surface area contributed by atoms with Crippen LogP contribution in [0.25, 0.3) is 0 Å². The summed E-state index contributed by atoms with van der Waals surface area (Å²) in [6.45, 7) is 2.65. The van der Waals surface area contributed by atoms with Crippen molar-refractivity contribution < 1.29 is 0 Å². The standard InChI is InChI=1S/C16H20ClN3/c1-12(13-7-3-4-8-14(13)17)20(2)16(11-18)15-9-5-6-10-19-15/h3-10,12,16H,11,18H2,1-2H3. The molecule has 4 heteroatoms. The van der Waals surface area contributed by atoms with E-state index in [2.05, 4.69) is 29.9 Å². The van der Waals surface area contributed by atoms with Gasteiger partial charge in [0.05, 0.1) is 11.7 Å². The molecule has 2 unspecified atom stereocenters. The van der Waals surface area contributed by atoms with Crippen LogP contribution in [0.4, 0.5) is 0 Å². The van der Waals surface area contributed by atoms with E-state index in [0.29, 0.717) is 6.54 Å². The first-order valence-electron chi connectivity index (χ1n) is 6.72. The average molecular weight is 290 g/mol. The van der Waals surface area contributed by atoms with E-state index in [1.165, 1.54) is 0 Å². The van der Waals surface area contributed by atoms with Crippen LogP contribution in [0.5, 0.6) is 0 Å². The van der Waals surface area contributed by atoms with Crippen molar-refractivity contribution in [1.29, 1.82) is 0 Å². The van der Waals surface area contributed by atoms with Crippen molar-refractivity contribution in [2.24, 2.45) is 5.73 Å². The number of pyridine rings is 1. The third-order valence-electron chi connectivity index (χ3n) is 3.71.